The number of nitrogens with one attached hydrogen (secondary N) is 1. The SMILES string of the molecule is O=C(CCCc1ccccc1)NCC(=O)N1CCCC1. The van der Waals surface area contributed by atoms with Gasteiger partial charge in [0.15, 0.2) is 0 Å². The van der Waals surface area contributed by atoms with E-state index in [1.807, 2.05) is 23.1 Å². The standard InChI is InChI=1S/C16H22N2O2/c19-15(10-6-9-14-7-2-1-3-8-14)17-13-16(20)18-11-4-5-12-18/h1-3,7-8H,4-6,9-13H2,(H,17,19). The van der Waals surface area contributed by atoms with Crippen molar-refractivity contribution in [1.29, 1.82) is 0 Å². The number of nitrogens with zero attached hydrogens (tertiary/aromatic N) is 1. The Labute approximate surface area is 120 Å². The van der Waals surface area contributed by atoms with Crippen LogP contribution in [0.25, 0.3) is 0 Å². The highest BCUT2D eigenvalue weighted by atomic mass is 16.2. The average Bonchev–Trinajstić information content (AvgIpc) is 3.00. The Bertz CT molecular complexity index is 439. The van der Waals surface area contributed by atoms with E-state index in [9.17, 15) is 9.59 Å². The van der Waals surface area contributed by atoms with E-state index in [0.29, 0.717) is 6.42 Å². The molecule has 0 aromatic heterocycles. The van der Waals surface area contributed by atoms with Crippen molar-refractivity contribution >= 4 is 11.8 Å². The minimum absolute atomic E-state index is 0.0338. The fourth-order valence-corrected chi connectivity index (χ4v) is 2.44. The summed E-state index contributed by atoms with van der Waals surface area (Å²) in [6.45, 7) is 1.82. The Morgan fingerprint density at radius 1 is 1.10 bits per heavy atom. The summed E-state index contributed by atoms with van der Waals surface area (Å²) in [6.07, 6.45) is 4.35. The molecule has 0 unspecified atom stereocenters. The molecule has 4 heteroatoms. The summed E-state index contributed by atoms with van der Waals surface area (Å²) in [7, 11) is 0. The van der Waals surface area contributed by atoms with Gasteiger partial charge in [-0.15, -0.1) is 0 Å². The van der Waals surface area contributed by atoms with E-state index >= 15 is 0 Å². The molecule has 0 spiro atoms. The van der Waals surface area contributed by atoms with E-state index in [4.69, 9.17) is 0 Å². The lowest BCUT2D eigenvalue weighted by Gasteiger charge is -2.15. The van der Waals surface area contributed by atoms with Crippen molar-refractivity contribution in [3.05, 3.63) is 35.9 Å². The van der Waals surface area contributed by atoms with Crippen LogP contribution in [0.2, 0.25) is 0 Å². The Morgan fingerprint density at radius 3 is 2.50 bits per heavy atom. The van der Waals surface area contributed by atoms with Gasteiger partial charge in [-0.1, -0.05) is 30.3 Å². The maximum Gasteiger partial charge on any atom is 0.241 e. The predicted octanol–water partition coefficient (Wildman–Crippen LogP) is 1.75. The summed E-state index contributed by atoms with van der Waals surface area (Å²) in [6, 6.07) is 10.1. The third-order valence-electron chi connectivity index (χ3n) is 3.61. The van der Waals surface area contributed by atoms with Crippen molar-refractivity contribution in [1.82, 2.24) is 10.2 Å². The largest absolute Gasteiger partial charge is 0.347 e. The molecule has 2 amide bonds. The van der Waals surface area contributed by atoms with Gasteiger partial charge in [-0.3, -0.25) is 9.59 Å². The third kappa shape index (κ3) is 4.68. The summed E-state index contributed by atoms with van der Waals surface area (Å²) in [4.78, 5) is 25.3. The molecule has 1 aliphatic rings. The number of hydrogen-bond donors (Lipinski definition) is 1. The fourth-order valence-electron chi connectivity index (χ4n) is 2.44. The van der Waals surface area contributed by atoms with Gasteiger partial charge in [0.25, 0.3) is 0 Å². The molecule has 0 bridgehead atoms. The zero-order chi connectivity index (χ0) is 14.2. The first-order valence-corrected chi connectivity index (χ1v) is 7.34. The van der Waals surface area contributed by atoms with E-state index in [2.05, 4.69) is 17.4 Å². The molecule has 1 aromatic carbocycles. The van der Waals surface area contributed by atoms with Gasteiger partial charge >= 0.3 is 0 Å². The smallest absolute Gasteiger partial charge is 0.241 e. The highest BCUT2D eigenvalue weighted by molar-refractivity contribution is 5.84. The molecule has 0 atom stereocenters. The molecule has 1 N–H and O–H groups in total. The highest BCUT2D eigenvalue weighted by Gasteiger charge is 2.17. The number of aryl methyl sites for hydroxylation is 1. The fraction of sp³-hybridized carbons (Fsp3) is 0.500. The molecule has 1 aromatic rings. The summed E-state index contributed by atoms with van der Waals surface area (Å²) >= 11 is 0. The quantitative estimate of drug-likeness (QED) is 0.859. The van der Waals surface area contributed by atoms with Gasteiger partial charge in [0.2, 0.25) is 11.8 Å². The van der Waals surface area contributed by atoms with Gasteiger partial charge in [0.1, 0.15) is 0 Å². The number of carbonyl (C=O) groups is 2. The van der Waals surface area contributed by atoms with E-state index in [-0.39, 0.29) is 18.4 Å². The van der Waals surface area contributed by atoms with E-state index in [1.54, 1.807) is 0 Å². The number of likely N-dealkylation sites (tertiary alicyclic amines) is 1. The molecular formula is C16H22N2O2. The monoisotopic (exact) mass is 274 g/mol. The third-order valence-corrected chi connectivity index (χ3v) is 3.61. The Hall–Kier alpha value is -1.84. The first-order chi connectivity index (χ1) is 9.75. The number of benzene rings is 1. The molecular weight excluding hydrogens is 252 g/mol. The second kappa shape index (κ2) is 7.68. The molecule has 1 aliphatic heterocycles. The Kier molecular flexibility index (Phi) is 5.59. The second-order valence-corrected chi connectivity index (χ2v) is 5.20. The minimum Gasteiger partial charge on any atom is -0.347 e. The van der Waals surface area contributed by atoms with Crippen molar-refractivity contribution in [2.75, 3.05) is 19.6 Å². The molecule has 0 saturated carbocycles. The van der Waals surface area contributed by atoms with Crippen molar-refractivity contribution in [3.8, 4) is 0 Å². The van der Waals surface area contributed by atoms with Crippen molar-refractivity contribution in [3.63, 3.8) is 0 Å². The van der Waals surface area contributed by atoms with E-state index in [1.165, 1.54) is 5.56 Å². The predicted molar refractivity (Wildman–Crippen MR) is 78.2 cm³/mol. The molecule has 1 fully saturated rings. The van der Waals surface area contributed by atoms with Crippen LogP contribution in [0, 0.1) is 0 Å². The number of hydrogen-bond acceptors (Lipinski definition) is 2. The van der Waals surface area contributed by atoms with Crippen molar-refractivity contribution < 1.29 is 9.59 Å². The van der Waals surface area contributed by atoms with Crippen LogP contribution in [0.1, 0.15) is 31.2 Å². The first kappa shape index (κ1) is 14.6. The summed E-state index contributed by atoms with van der Waals surface area (Å²) in [5, 5.41) is 2.72. The van der Waals surface area contributed by atoms with Crippen LogP contribution >= 0.6 is 0 Å². The normalized spacial score (nSPS) is 14.3. The Balaban J connectivity index is 1.59. The van der Waals surface area contributed by atoms with Crippen LogP contribution in [0.5, 0.6) is 0 Å². The van der Waals surface area contributed by atoms with Crippen LogP contribution in [0.4, 0.5) is 0 Å². The lowest BCUT2D eigenvalue weighted by Crippen LogP contribution is -2.38. The topological polar surface area (TPSA) is 49.4 Å². The Morgan fingerprint density at radius 2 is 1.80 bits per heavy atom. The van der Waals surface area contributed by atoms with Gasteiger partial charge in [-0.2, -0.15) is 0 Å². The maximum atomic E-state index is 11.8. The van der Waals surface area contributed by atoms with Gasteiger partial charge < -0.3 is 10.2 Å². The average molecular weight is 274 g/mol. The van der Waals surface area contributed by atoms with E-state index in [0.717, 1.165) is 38.8 Å². The zero-order valence-corrected chi connectivity index (χ0v) is 11.8. The first-order valence-electron chi connectivity index (χ1n) is 7.34. The number of carbonyl (C=O) groups excluding carboxylic acids is 2. The number of rotatable bonds is 6. The summed E-state index contributed by atoms with van der Waals surface area (Å²) in [5.41, 5.74) is 1.24. The van der Waals surface area contributed by atoms with Gasteiger partial charge in [-0.05, 0) is 31.2 Å². The zero-order valence-electron chi connectivity index (χ0n) is 11.8. The summed E-state index contributed by atoms with van der Waals surface area (Å²) in [5.74, 6) is 0.00684. The molecule has 1 saturated heterocycles. The molecule has 0 radical (unpaired) electrons. The van der Waals surface area contributed by atoms with Crippen LogP contribution in [-0.4, -0.2) is 36.3 Å². The molecule has 0 aliphatic carbocycles. The molecule has 108 valence electrons. The molecule has 2 rings (SSSR count). The lowest BCUT2D eigenvalue weighted by atomic mass is 10.1. The maximum absolute atomic E-state index is 11.8. The van der Waals surface area contributed by atoms with Crippen molar-refractivity contribution in [2.45, 2.75) is 32.1 Å². The van der Waals surface area contributed by atoms with Crippen LogP contribution in [0.15, 0.2) is 30.3 Å². The minimum atomic E-state index is -0.0338. The molecule has 20 heavy (non-hydrogen) atoms. The number of amides is 2. The van der Waals surface area contributed by atoms with E-state index < -0.39 is 0 Å². The van der Waals surface area contributed by atoms with Gasteiger partial charge in [0, 0.05) is 19.5 Å². The highest BCUT2D eigenvalue weighted by Crippen LogP contribution is 2.07. The molecule has 1 heterocycles. The van der Waals surface area contributed by atoms with Gasteiger partial charge in [0.05, 0.1) is 6.54 Å². The lowest BCUT2D eigenvalue weighted by molar-refractivity contribution is -0.132. The second-order valence-electron chi connectivity index (χ2n) is 5.20. The van der Waals surface area contributed by atoms with Crippen LogP contribution < -0.4 is 5.32 Å². The van der Waals surface area contributed by atoms with Crippen molar-refractivity contribution in [2.24, 2.45) is 0 Å². The summed E-state index contributed by atoms with van der Waals surface area (Å²) < 4.78 is 0. The molecule has 4 nitrogen and oxygen atoms in total. The van der Waals surface area contributed by atoms with Crippen LogP contribution in [0.3, 0.4) is 0 Å². The van der Waals surface area contributed by atoms with Gasteiger partial charge in [-0.25, -0.2) is 0 Å². The van der Waals surface area contributed by atoms with Crippen LogP contribution in [-0.2, 0) is 16.0 Å².